The van der Waals surface area contributed by atoms with E-state index in [4.69, 9.17) is 11.6 Å². The van der Waals surface area contributed by atoms with Crippen LogP contribution >= 0.6 is 11.6 Å². The van der Waals surface area contributed by atoms with Crippen molar-refractivity contribution in [2.75, 3.05) is 4.72 Å². The number of sulfonamides is 1. The Balaban J connectivity index is 2.15. The van der Waals surface area contributed by atoms with Crippen molar-refractivity contribution >= 4 is 39.1 Å². The van der Waals surface area contributed by atoms with Crippen molar-refractivity contribution in [2.24, 2.45) is 5.92 Å². The molecule has 3 N–H and O–H groups in total. The number of benzene rings is 2. The molecule has 1 unspecified atom stereocenters. The number of hydrogen-bond donors (Lipinski definition) is 3. The summed E-state index contributed by atoms with van der Waals surface area (Å²) < 4.78 is 27.5. The first-order valence-electron chi connectivity index (χ1n) is 8.22. The number of para-hydroxylation sites is 1. The Morgan fingerprint density at radius 3 is 2.44 bits per heavy atom. The van der Waals surface area contributed by atoms with Crippen LogP contribution in [0.15, 0.2) is 53.4 Å². The minimum atomic E-state index is -3.94. The molecule has 7 nitrogen and oxygen atoms in total. The molecule has 2 aromatic carbocycles. The lowest BCUT2D eigenvalue weighted by Gasteiger charge is -2.12. The SMILES string of the molecule is CCC(C)C(=O)NNC(=O)c1cccc(S(=O)(=O)Nc2ccccc2Cl)c1. The Bertz CT molecular complexity index is 947. The first-order valence-corrected chi connectivity index (χ1v) is 10.1. The standard InChI is InChI=1S/C18H20ClN3O4S/c1-3-12(2)17(23)20-21-18(24)13-7-6-8-14(11-13)27(25,26)22-16-10-5-4-9-15(16)19/h4-12,22H,3H2,1-2H3,(H,20,23)(H,21,24). The molecule has 2 amide bonds. The van der Waals surface area contributed by atoms with E-state index in [0.717, 1.165) is 0 Å². The third-order valence-corrected chi connectivity index (χ3v) is 5.58. The molecular formula is C18H20ClN3O4S. The fourth-order valence-electron chi connectivity index (χ4n) is 2.05. The number of hydrazine groups is 1. The average molecular weight is 410 g/mol. The molecule has 0 saturated carbocycles. The molecular weight excluding hydrogens is 390 g/mol. The lowest BCUT2D eigenvalue weighted by molar-refractivity contribution is -0.125. The fourth-order valence-corrected chi connectivity index (χ4v) is 3.42. The third kappa shape index (κ3) is 5.45. The van der Waals surface area contributed by atoms with Crippen LogP contribution in [-0.2, 0) is 14.8 Å². The minimum Gasteiger partial charge on any atom is -0.278 e. The number of anilines is 1. The number of halogens is 1. The van der Waals surface area contributed by atoms with E-state index in [1.165, 1.54) is 30.3 Å². The van der Waals surface area contributed by atoms with Crippen LogP contribution in [0.1, 0.15) is 30.6 Å². The fraction of sp³-hybridized carbons (Fsp3) is 0.222. The van der Waals surface area contributed by atoms with Gasteiger partial charge in [-0.3, -0.25) is 25.2 Å². The first-order chi connectivity index (χ1) is 12.7. The molecule has 0 saturated heterocycles. The van der Waals surface area contributed by atoms with Crippen LogP contribution in [0.3, 0.4) is 0 Å². The molecule has 0 spiro atoms. The van der Waals surface area contributed by atoms with Crippen LogP contribution in [0.5, 0.6) is 0 Å². The zero-order valence-electron chi connectivity index (χ0n) is 14.8. The number of amides is 2. The molecule has 0 radical (unpaired) electrons. The monoisotopic (exact) mass is 409 g/mol. The Morgan fingerprint density at radius 2 is 1.78 bits per heavy atom. The van der Waals surface area contributed by atoms with Crippen LogP contribution in [-0.4, -0.2) is 20.2 Å². The molecule has 2 rings (SSSR count). The lowest BCUT2D eigenvalue weighted by Crippen LogP contribution is -2.44. The maximum Gasteiger partial charge on any atom is 0.269 e. The van der Waals surface area contributed by atoms with Gasteiger partial charge in [-0.15, -0.1) is 0 Å². The molecule has 0 fully saturated rings. The van der Waals surface area contributed by atoms with Crippen LogP contribution in [0.4, 0.5) is 5.69 Å². The minimum absolute atomic E-state index is 0.0847. The second-order valence-corrected chi connectivity index (χ2v) is 7.96. The first kappa shape index (κ1) is 20.7. The molecule has 27 heavy (non-hydrogen) atoms. The molecule has 0 aliphatic heterocycles. The maximum absolute atomic E-state index is 12.6. The summed E-state index contributed by atoms with van der Waals surface area (Å²) in [6, 6.07) is 11.9. The van der Waals surface area contributed by atoms with Crippen molar-refractivity contribution < 1.29 is 18.0 Å². The summed E-state index contributed by atoms with van der Waals surface area (Å²) in [5, 5.41) is 0.253. The van der Waals surface area contributed by atoms with E-state index in [1.54, 1.807) is 25.1 Å². The predicted molar refractivity (Wildman–Crippen MR) is 104 cm³/mol. The summed E-state index contributed by atoms with van der Waals surface area (Å²) in [5.41, 5.74) is 4.91. The Labute approximate surface area is 163 Å². The summed E-state index contributed by atoms with van der Waals surface area (Å²) >= 11 is 5.98. The van der Waals surface area contributed by atoms with Crippen molar-refractivity contribution in [1.29, 1.82) is 0 Å². The van der Waals surface area contributed by atoms with E-state index in [2.05, 4.69) is 15.6 Å². The lowest BCUT2D eigenvalue weighted by atomic mass is 10.1. The van der Waals surface area contributed by atoms with Gasteiger partial charge in [0.15, 0.2) is 0 Å². The van der Waals surface area contributed by atoms with Gasteiger partial charge >= 0.3 is 0 Å². The van der Waals surface area contributed by atoms with Crippen LogP contribution < -0.4 is 15.6 Å². The van der Waals surface area contributed by atoms with Crippen LogP contribution in [0.2, 0.25) is 5.02 Å². The zero-order valence-corrected chi connectivity index (χ0v) is 16.4. The van der Waals surface area contributed by atoms with Crippen molar-refractivity contribution in [1.82, 2.24) is 10.9 Å². The van der Waals surface area contributed by atoms with Gasteiger partial charge in [-0.2, -0.15) is 0 Å². The largest absolute Gasteiger partial charge is 0.278 e. The van der Waals surface area contributed by atoms with E-state index >= 15 is 0 Å². The van der Waals surface area contributed by atoms with Gasteiger partial charge in [0.25, 0.3) is 15.9 Å². The molecule has 1 atom stereocenters. The Kier molecular flexibility index (Phi) is 6.81. The van der Waals surface area contributed by atoms with Crippen molar-refractivity contribution in [3.8, 4) is 0 Å². The maximum atomic E-state index is 12.6. The van der Waals surface area contributed by atoms with Crippen LogP contribution in [0.25, 0.3) is 0 Å². The van der Waals surface area contributed by atoms with Crippen molar-refractivity contribution in [3.05, 3.63) is 59.1 Å². The topological polar surface area (TPSA) is 104 Å². The highest BCUT2D eigenvalue weighted by Crippen LogP contribution is 2.24. The number of hydrogen-bond acceptors (Lipinski definition) is 4. The van der Waals surface area contributed by atoms with E-state index in [9.17, 15) is 18.0 Å². The van der Waals surface area contributed by atoms with Gasteiger partial charge in [0.2, 0.25) is 5.91 Å². The molecule has 9 heteroatoms. The summed E-state index contributed by atoms with van der Waals surface area (Å²) in [5.74, 6) is -1.20. The van der Waals surface area contributed by atoms with Crippen LogP contribution in [0, 0.1) is 5.92 Å². The molecule has 0 aliphatic rings. The van der Waals surface area contributed by atoms with Gasteiger partial charge < -0.3 is 0 Å². The van der Waals surface area contributed by atoms with Gasteiger partial charge in [0.05, 0.1) is 15.6 Å². The van der Waals surface area contributed by atoms with Gasteiger partial charge in [0.1, 0.15) is 0 Å². The van der Waals surface area contributed by atoms with Gasteiger partial charge in [-0.1, -0.05) is 43.6 Å². The Hall–Kier alpha value is -2.58. The molecule has 144 valence electrons. The summed E-state index contributed by atoms with van der Waals surface area (Å²) in [4.78, 5) is 23.8. The molecule has 0 aromatic heterocycles. The normalized spacial score (nSPS) is 12.1. The quantitative estimate of drug-likeness (QED) is 0.638. The second kappa shape index (κ2) is 8.88. The molecule has 0 aliphatic carbocycles. The third-order valence-electron chi connectivity index (χ3n) is 3.88. The number of nitrogens with one attached hydrogen (secondary N) is 3. The van der Waals surface area contributed by atoms with E-state index in [1.807, 2.05) is 6.92 Å². The zero-order chi connectivity index (χ0) is 20.0. The highest BCUT2D eigenvalue weighted by atomic mass is 35.5. The summed E-state index contributed by atoms with van der Waals surface area (Å²) in [6.07, 6.45) is 0.628. The highest BCUT2D eigenvalue weighted by Gasteiger charge is 2.18. The van der Waals surface area contributed by atoms with Gasteiger partial charge in [-0.25, -0.2) is 8.42 Å². The number of rotatable bonds is 6. The number of carbonyl (C=O) groups is 2. The Morgan fingerprint density at radius 1 is 1.07 bits per heavy atom. The van der Waals surface area contributed by atoms with Crippen molar-refractivity contribution in [2.45, 2.75) is 25.2 Å². The summed E-state index contributed by atoms with van der Waals surface area (Å²) in [6.45, 7) is 3.58. The predicted octanol–water partition coefficient (Wildman–Crippen LogP) is 2.95. The van der Waals surface area contributed by atoms with E-state index in [-0.39, 0.29) is 33.0 Å². The molecule has 2 aromatic rings. The van der Waals surface area contributed by atoms with Gasteiger partial charge in [0, 0.05) is 11.5 Å². The van der Waals surface area contributed by atoms with E-state index < -0.39 is 15.9 Å². The van der Waals surface area contributed by atoms with E-state index in [0.29, 0.717) is 6.42 Å². The average Bonchev–Trinajstić information content (AvgIpc) is 2.66. The van der Waals surface area contributed by atoms with Crippen molar-refractivity contribution in [3.63, 3.8) is 0 Å². The number of carbonyl (C=O) groups excluding carboxylic acids is 2. The smallest absolute Gasteiger partial charge is 0.269 e. The second-order valence-electron chi connectivity index (χ2n) is 5.87. The molecule has 0 heterocycles. The summed E-state index contributed by atoms with van der Waals surface area (Å²) in [7, 11) is -3.94. The van der Waals surface area contributed by atoms with Gasteiger partial charge in [-0.05, 0) is 36.8 Å². The molecule has 0 bridgehead atoms. The highest BCUT2D eigenvalue weighted by molar-refractivity contribution is 7.92.